The summed E-state index contributed by atoms with van der Waals surface area (Å²) >= 11 is 0. The highest BCUT2D eigenvalue weighted by molar-refractivity contribution is 5.76. The van der Waals surface area contributed by atoms with Crippen LogP contribution in [-0.4, -0.2) is 47.8 Å². The molecule has 2 amide bonds. The first-order chi connectivity index (χ1) is 17.2. The molecule has 0 radical (unpaired) electrons. The van der Waals surface area contributed by atoms with Crippen LogP contribution in [0, 0.1) is 0 Å². The van der Waals surface area contributed by atoms with Crippen LogP contribution in [0.2, 0.25) is 0 Å². The molecule has 35 heavy (non-hydrogen) atoms. The first kappa shape index (κ1) is 32.0. The summed E-state index contributed by atoms with van der Waals surface area (Å²) in [4.78, 5) is 28.2. The number of rotatable bonds is 15. The smallest absolute Gasteiger partial charge is 0.222 e. The van der Waals surface area contributed by atoms with E-state index in [2.05, 4.69) is 23.6 Å². The average molecular weight is 493 g/mol. The fourth-order valence-corrected chi connectivity index (χ4v) is 5.25. The normalized spacial score (nSPS) is 16.7. The summed E-state index contributed by atoms with van der Waals surface area (Å²) in [6, 6.07) is 0. The van der Waals surface area contributed by atoms with Crippen molar-refractivity contribution in [2.45, 2.75) is 162 Å². The zero-order valence-electron chi connectivity index (χ0n) is 23.8. The number of hydrogen-bond acceptors (Lipinski definition) is 2. The summed E-state index contributed by atoms with van der Waals surface area (Å²) in [7, 11) is 0. The Labute approximate surface area is 219 Å². The van der Waals surface area contributed by atoms with Crippen LogP contribution in [0.4, 0.5) is 0 Å². The van der Waals surface area contributed by atoms with Crippen LogP contribution in [-0.2, 0) is 9.59 Å². The van der Waals surface area contributed by atoms with E-state index in [9.17, 15) is 9.59 Å². The molecule has 0 aliphatic carbocycles. The minimum atomic E-state index is 0.405. The number of carbonyl (C=O) groups is 2. The quantitative estimate of drug-likeness (QED) is 0.215. The van der Waals surface area contributed by atoms with E-state index in [0.717, 1.165) is 51.9 Å². The van der Waals surface area contributed by atoms with E-state index in [-0.39, 0.29) is 0 Å². The van der Waals surface area contributed by atoms with E-state index in [4.69, 9.17) is 0 Å². The van der Waals surface area contributed by atoms with Gasteiger partial charge in [0.1, 0.15) is 0 Å². The van der Waals surface area contributed by atoms with Crippen LogP contribution in [0.25, 0.3) is 0 Å². The zero-order valence-corrected chi connectivity index (χ0v) is 23.8. The predicted octanol–water partition coefficient (Wildman–Crippen LogP) is 8.67. The minimum absolute atomic E-state index is 0.405. The van der Waals surface area contributed by atoms with E-state index >= 15 is 0 Å². The summed E-state index contributed by atoms with van der Waals surface area (Å²) in [6.07, 6.45) is 28.3. The maximum Gasteiger partial charge on any atom is 0.222 e. The highest BCUT2D eigenvalue weighted by Gasteiger charge is 2.15. The molecule has 4 nitrogen and oxygen atoms in total. The van der Waals surface area contributed by atoms with Crippen molar-refractivity contribution < 1.29 is 9.59 Å². The van der Waals surface area contributed by atoms with Crippen molar-refractivity contribution in [3.63, 3.8) is 0 Å². The van der Waals surface area contributed by atoms with Gasteiger partial charge in [0.05, 0.1) is 0 Å². The van der Waals surface area contributed by atoms with Crippen molar-refractivity contribution in [2.75, 3.05) is 26.2 Å². The molecular formula is C31H60N2O2. The maximum atomic E-state index is 12.0. The van der Waals surface area contributed by atoms with Crippen molar-refractivity contribution in [1.82, 2.24) is 9.80 Å². The van der Waals surface area contributed by atoms with Gasteiger partial charge in [0.25, 0.3) is 0 Å². The number of hydrogen-bond donors (Lipinski definition) is 0. The first-order valence-corrected chi connectivity index (χ1v) is 15.7. The Morgan fingerprint density at radius 2 is 0.714 bits per heavy atom. The molecule has 2 aliphatic heterocycles. The monoisotopic (exact) mass is 492 g/mol. The van der Waals surface area contributed by atoms with Crippen molar-refractivity contribution in [2.24, 2.45) is 0 Å². The van der Waals surface area contributed by atoms with Crippen molar-refractivity contribution in [3.8, 4) is 0 Å². The van der Waals surface area contributed by atoms with Crippen molar-refractivity contribution in [3.05, 3.63) is 0 Å². The number of likely N-dealkylation sites (tertiary alicyclic amines) is 2. The highest BCUT2D eigenvalue weighted by atomic mass is 16.2. The van der Waals surface area contributed by atoms with Crippen molar-refractivity contribution >= 4 is 11.8 Å². The fraction of sp³-hybridized carbons (Fsp3) is 0.935. The van der Waals surface area contributed by atoms with E-state index in [0.29, 0.717) is 11.8 Å². The van der Waals surface area contributed by atoms with Crippen LogP contribution in [0.3, 0.4) is 0 Å². The van der Waals surface area contributed by atoms with Crippen LogP contribution in [0.15, 0.2) is 0 Å². The van der Waals surface area contributed by atoms with Gasteiger partial charge in [0, 0.05) is 39.0 Å². The Kier molecular flexibility index (Phi) is 21.3. The Morgan fingerprint density at radius 1 is 0.429 bits per heavy atom. The molecule has 206 valence electrons. The molecular weight excluding hydrogens is 432 g/mol. The Bertz CT molecular complexity index is 492. The van der Waals surface area contributed by atoms with Crippen LogP contribution < -0.4 is 0 Å². The van der Waals surface area contributed by atoms with E-state index in [1.807, 2.05) is 0 Å². The molecule has 0 unspecified atom stereocenters. The van der Waals surface area contributed by atoms with Gasteiger partial charge in [0.2, 0.25) is 11.8 Å². The van der Waals surface area contributed by atoms with E-state index in [1.165, 1.54) is 122 Å². The predicted molar refractivity (Wildman–Crippen MR) is 151 cm³/mol. The molecule has 0 aromatic carbocycles. The van der Waals surface area contributed by atoms with Crippen LogP contribution in [0.1, 0.15) is 162 Å². The topological polar surface area (TPSA) is 40.6 Å². The molecule has 0 atom stereocenters. The maximum absolute atomic E-state index is 12.0. The van der Waals surface area contributed by atoms with Gasteiger partial charge in [-0.3, -0.25) is 9.59 Å². The SMILES string of the molecule is CCCCCCCCC(=O)N1CCCCCC1.CCCCCCCCCC(=O)N1CCCCCC1. The molecule has 2 rings (SSSR count). The molecule has 2 heterocycles. The van der Waals surface area contributed by atoms with Gasteiger partial charge in [-0.1, -0.05) is 110 Å². The molecule has 0 bridgehead atoms. The second-order valence-electron chi connectivity index (χ2n) is 11.0. The molecule has 2 saturated heterocycles. The molecule has 2 aliphatic rings. The van der Waals surface area contributed by atoms with Gasteiger partial charge in [-0.15, -0.1) is 0 Å². The first-order valence-electron chi connectivity index (χ1n) is 15.7. The van der Waals surface area contributed by atoms with Gasteiger partial charge >= 0.3 is 0 Å². The minimum Gasteiger partial charge on any atom is -0.343 e. The summed E-state index contributed by atoms with van der Waals surface area (Å²) < 4.78 is 0. The molecule has 0 N–H and O–H groups in total. The lowest BCUT2D eigenvalue weighted by molar-refractivity contribution is -0.132. The number of nitrogens with zero attached hydrogens (tertiary/aromatic N) is 2. The second-order valence-corrected chi connectivity index (χ2v) is 11.0. The summed E-state index contributed by atoms with van der Waals surface area (Å²) in [5.74, 6) is 0.813. The van der Waals surface area contributed by atoms with Gasteiger partial charge in [-0.05, 0) is 38.5 Å². The lowest BCUT2D eigenvalue weighted by Crippen LogP contribution is -2.31. The summed E-state index contributed by atoms with van der Waals surface area (Å²) in [6.45, 7) is 8.52. The summed E-state index contributed by atoms with van der Waals surface area (Å²) in [5.41, 5.74) is 0. The Hall–Kier alpha value is -1.06. The van der Waals surface area contributed by atoms with E-state index < -0.39 is 0 Å². The van der Waals surface area contributed by atoms with E-state index in [1.54, 1.807) is 0 Å². The molecule has 0 saturated carbocycles. The largest absolute Gasteiger partial charge is 0.343 e. The summed E-state index contributed by atoms with van der Waals surface area (Å²) in [5, 5.41) is 0. The zero-order chi connectivity index (χ0) is 25.4. The highest BCUT2D eigenvalue weighted by Crippen LogP contribution is 2.14. The Balaban J connectivity index is 0.000000351. The van der Waals surface area contributed by atoms with Crippen LogP contribution in [0.5, 0.6) is 0 Å². The Morgan fingerprint density at radius 3 is 1.03 bits per heavy atom. The third kappa shape index (κ3) is 17.9. The number of carbonyl (C=O) groups excluding carboxylic acids is 2. The second kappa shape index (κ2) is 23.3. The fourth-order valence-electron chi connectivity index (χ4n) is 5.25. The number of amides is 2. The van der Waals surface area contributed by atoms with Gasteiger partial charge in [-0.25, -0.2) is 0 Å². The average Bonchev–Trinajstić information content (AvgIpc) is 3.32. The van der Waals surface area contributed by atoms with Crippen molar-refractivity contribution in [1.29, 1.82) is 0 Å². The van der Waals surface area contributed by atoms with Gasteiger partial charge < -0.3 is 9.80 Å². The molecule has 2 fully saturated rings. The molecule has 0 spiro atoms. The standard InChI is InChI=1S/C16H31NO.C15H29NO/c1-2-3-4-5-6-7-10-13-16(18)17-14-11-8-9-12-15-17;1-2-3-4-5-6-9-12-15(17)16-13-10-7-8-11-14-16/h2-15H2,1H3;2-14H2,1H3. The third-order valence-corrected chi connectivity index (χ3v) is 7.66. The lowest BCUT2D eigenvalue weighted by atomic mass is 10.1. The lowest BCUT2D eigenvalue weighted by Gasteiger charge is -2.20. The van der Waals surface area contributed by atoms with Gasteiger partial charge in [0.15, 0.2) is 0 Å². The molecule has 0 aromatic heterocycles. The van der Waals surface area contributed by atoms with Crippen LogP contribution >= 0.6 is 0 Å². The number of unbranched alkanes of at least 4 members (excludes halogenated alkanes) is 11. The molecule has 0 aromatic rings. The molecule has 4 heteroatoms. The van der Waals surface area contributed by atoms with Gasteiger partial charge in [-0.2, -0.15) is 0 Å². The third-order valence-electron chi connectivity index (χ3n) is 7.66.